The van der Waals surface area contributed by atoms with Crippen molar-refractivity contribution in [2.45, 2.75) is 70.6 Å². The molecule has 5 heteroatoms. The van der Waals surface area contributed by atoms with Gasteiger partial charge in [-0.25, -0.2) is 0 Å². The van der Waals surface area contributed by atoms with Crippen LogP contribution in [0.15, 0.2) is 66.7 Å². The number of hydrogen-bond donors (Lipinski definition) is 2. The van der Waals surface area contributed by atoms with Gasteiger partial charge >= 0.3 is 0 Å². The lowest BCUT2D eigenvalue weighted by Crippen LogP contribution is -2.19. The molecule has 0 aliphatic rings. The van der Waals surface area contributed by atoms with Crippen molar-refractivity contribution in [1.29, 1.82) is 0 Å². The first-order chi connectivity index (χ1) is 20.2. The van der Waals surface area contributed by atoms with Gasteiger partial charge in [-0.05, 0) is 99.6 Å². The third-order valence-electron chi connectivity index (χ3n) is 7.75. The third-order valence-corrected chi connectivity index (χ3v) is 7.75. The summed E-state index contributed by atoms with van der Waals surface area (Å²) in [5.74, 6) is 2.55. The van der Waals surface area contributed by atoms with Crippen LogP contribution in [0.3, 0.4) is 0 Å². The molecule has 0 saturated carbocycles. The van der Waals surface area contributed by atoms with E-state index < -0.39 is 0 Å². The second kappa shape index (κ2) is 20.0. The van der Waals surface area contributed by atoms with E-state index in [1.54, 1.807) is 21.3 Å². The molecule has 0 heterocycles. The summed E-state index contributed by atoms with van der Waals surface area (Å²) in [6, 6.07) is 23.3. The van der Waals surface area contributed by atoms with E-state index in [1.165, 1.54) is 67.2 Å². The number of unbranched alkanes of at least 4 members (excludes halogenated alkanes) is 6. The van der Waals surface area contributed by atoms with E-state index in [0.29, 0.717) is 0 Å². The predicted molar refractivity (Wildman–Crippen MR) is 172 cm³/mol. The second-order valence-electron chi connectivity index (χ2n) is 10.8. The summed E-state index contributed by atoms with van der Waals surface area (Å²) < 4.78 is 16.8. The molecule has 0 aliphatic carbocycles. The summed E-state index contributed by atoms with van der Waals surface area (Å²) in [6.45, 7) is 4.27. The Morgan fingerprint density at radius 3 is 1.83 bits per heavy atom. The summed E-state index contributed by atoms with van der Waals surface area (Å²) in [5.41, 5.74) is 5.24. The lowest BCUT2D eigenvalue weighted by molar-refractivity contribution is 0.351. The number of ether oxygens (including phenoxy) is 3. The van der Waals surface area contributed by atoms with Crippen molar-refractivity contribution >= 4 is 0 Å². The van der Waals surface area contributed by atoms with Gasteiger partial charge in [0.2, 0.25) is 0 Å². The molecule has 0 atom stereocenters. The fourth-order valence-electron chi connectivity index (χ4n) is 5.37. The molecule has 224 valence electrons. The van der Waals surface area contributed by atoms with Gasteiger partial charge in [0, 0.05) is 5.56 Å². The molecule has 0 bridgehead atoms. The first kappa shape index (κ1) is 32.5. The van der Waals surface area contributed by atoms with E-state index in [0.717, 1.165) is 69.1 Å². The zero-order valence-corrected chi connectivity index (χ0v) is 25.7. The average molecular weight is 561 g/mol. The molecule has 0 unspecified atom stereocenters. The van der Waals surface area contributed by atoms with Crippen molar-refractivity contribution in [2.75, 3.05) is 47.5 Å². The van der Waals surface area contributed by atoms with Crippen LogP contribution < -0.4 is 24.8 Å². The molecule has 3 rings (SSSR count). The molecule has 0 radical (unpaired) electrons. The largest absolute Gasteiger partial charge is 0.497 e. The van der Waals surface area contributed by atoms with Crippen LogP contribution in [0, 0.1) is 0 Å². The number of nitrogens with one attached hydrogen (secondary N) is 2. The molecule has 3 aromatic rings. The number of benzene rings is 3. The van der Waals surface area contributed by atoms with Crippen LogP contribution in [0.1, 0.15) is 67.2 Å². The molecule has 0 fully saturated rings. The SMILES string of the molecule is COc1cccc(CCc2c(CCNCCCCCCCCCNCCc3ccccc3)ccc(OC)c2OC)c1. The van der Waals surface area contributed by atoms with Crippen LogP contribution in [0.25, 0.3) is 0 Å². The summed E-state index contributed by atoms with van der Waals surface area (Å²) >= 11 is 0. The lowest BCUT2D eigenvalue weighted by atomic mass is 9.96. The minimum absolute atomic E-state index is 0.796. The molecule has 3 aromatic carbocycles. The number of rotatable bonds is 22. The highest BCUT2D eigenvalue weighted by Crippen LogP contribution is 2.34. The third kappa shape index (κ3) is 12.2. The summed E-state index contributed by atoms with van der Waals surface area (Å²) in [7, 11) is 5.15. The van der Waals surface area contributed by atoms with Gasteiger partial charge < -0.3 is 24.8 Å². The standard InChI is InChI=1S/C36H52N2O3/c1-39-33-18-14-17-31(29-33)19-21-34-32(20-22-35(40-2)36(34)41-3)24-28-38-26-13-8-6-4-5-7-12-25-37-27-23-30-15-10-9-11-16-30/h9-11,14-18,20,22,29,37-38H,4-8,12-13,19,21,23-28H2,1-3H3. The normalized spacial score (nSPS) is 11.0. The van der Waals surface area contributed by atoms with Gasteiger partial charge in [-0.1, -0.05) is 80.6 Å². The van der Waals surface area contributed by atoms with E-state index in [-0.39, 0.29) is 0 Å². The highest BCUT2D eigenvalue weighted by atomic mass is 16.5. The van der Waals surface area contributed by atoms with Crippen LogP contribution in [-0.4, -0.2) is 47.5 Å². The number of hydrogen-bond acceptors (Lipinski definition) is 5. The van der Waals surface area contributed by atoms with Gasteiger partial charge in [-0.2, -0.15) is 0 Å². The highest BCUT2D eigenvalue weighted by molar-refractivity contribution is 5.51. The zero-order chi connectivity index (χ0) is 29.0. The van der Waals surface area contributed by atoms with Crippen LogP contribution in [0.4, 0.5) is 0 Å². The van der Waals surface area contributed by atoms with Gasteiger partial charge in [-0.3, -0.25) is 0 Å². The van der Waals surface area contributed by atoms with Gasteiger partial charge in [0.15, 0.2) is 11.5 Å². The number of methoxy groups -OCH3 is 3. The summed E-state index contributed by atoms with van der Waals surface area (Å²) in [6.07, 6.45) is 13.1. The maximum Gasteiger partial charge on any atom is 0.164 e. The zero-order valence-electron chi connectivity index (χ0n) is 25.7. The molecule has 0 aromatic heterocycles. The second-order valence-corrected chi connectivity index (χ2v) is 10.8. The van der Waals surface area contributed by atoms with E-state index in [9.17, 15) is 0 Å². The van der Waals surface area contributed by atoms with Crippen LogP contribution in [0.5, 0.6) is 17.2 Å². The van der Waals surface area contributed by atoms with Gasteiger partial charge in [0.1, 0.15) is 5.75 Å². The van der Waals surface area contributed by atoms with Gasteiger partial charge in [0.05, 0.1) is 21.3 Å². The highest BCUT2D eigenvalue weighted by Gasteiger charge is 2.15. The Balaban J connectivity index is 1.26. The maximum absolute atomic E-state index is 5.81. The van der Waals surface area contributed by atoms with Crippen molar-refractivity contribution in [3.63, 3.8) is 0 Å². The lowest BCUT2D eigenvalue weighted by Gasteiger charge is -2.17. The molecular weight excluding hydrogens is 508 g/mol. The minimum Gasteiger partial charge on any atom is -0.497 e. The van der Waals surface area contributed by atoms with E-state index in [2.05, 4.69) is 65.2 Å². The van der Waals surface area contributed by atoms with Crippen LogP contribution in [0.2, 0.25) is 0 Å². The van der Waals surface area contributed by atoms with Crippen molar-refractivity contribution in [1.82, 2.24) is 10.6 Å². The molecule has 2 N–H and O–H groups in total. The average Bonchev–Trinajstić information content (AvgIpc) is 3.02. The first-order valence-corrected chi connectivity index (χ1v) is 15.6. The molecule has 0 spiro atoms. The Hall–Kier alpha value is -3.02. The Bertz CT molecular complexity index is 1100. The van der Waals surface area contributed by atoms with Gasteiger partial charge in [-0.15, -0.1) is 0 Å². The Morgan fingerprint density at radius 2 is 1.17 bits per heavy atom. The van der Waals surface area contributed by atoms with Crippen molar-refractivity contribution in [3.05, 3.63) is 89.0 Å². The maximum atomic E-state index is 5.81. The van der Waals surface area contributed by atoms with Crippen LogP contribution in [-0.2, 0) is 25.7 Å². The minimum atomic E-state index is 0.796. The molecular formula is C36H52N2O3. The fraction of sp³-hybridized carbons (Fsp3) is 0.500. The predicted octanol–water partition coefficient (Wildman–Crippen LogP) is 7.19. The number of aryl methyl sites for hydroxylation is 1. The quantitative estimate of drug-likeness (QED) is 0.127. The molecule has 0 aliphatic heterocycles. The Morgan fingerprint density at radius 1 is 0.512 bits per heavy atom. The first-order valence-electron chi connectivity index (χ1n) is 15.6. The van der Waals surface area contributed by atoms with Crippen molar-refractivity contribution in [2.24, 2.45) is 0 Å². The molecule has 0 amide bonds. The summed E-state index contributed by atoms with van der Waals surface area (Å²) in [5, 5.41) is 7.25. The molecule has 5 nitrogen and oxygen atoms in total. The molecule has 0 saturated heterocycles. The Labute approximate surface area is 249 Å². The van der Waals surface area contributed by atoms with E-state index >= 15 is 0 Å². The van der Waals surface area contributed by atoms with E-state index in [1.807, 2.05) is 12.1 Å². The topological polar surface area (TPSA) is 51.8 Å². The van der Waals surface area contributed by atoms with Crippen LogP contribution >= 0.6 is 0 Å². The van der Waals surface area contributed by atoms with Crippen molar-refractivity contribution in [3.8, 4) is 17.2 Å². The van der Waals surface area contributed by atoms with E-state index in [4.69, 9.17) is 14.2 Å². The monoisotopic (exact) mass is 560 g/mol. The summed E-state index contributed by atoms with van der Waals surface area (Å²) in [4.78, 5) is 0. The Kier molecular flexibility index (Phi) is 15.8. The smallest absolute Gasteiger partial charge is 0.164 e. The fourth-order valence-corrected chi connectivity index (χ4v) is 5.37. The van der Waals surface area contributed by atoms with Gasteiger partial charge in [0.25, 0.3) is 0 Å². The van der Waals surface area contributed by atoms with Crippen molar-refractivity contribution < 1.29 is 14.2 Å². The molecule has 41 heavy (non-hydrogen) atoms.